The van der Waals surface area contributed by atoms with Gasteiger partial charge in [0.1, 0.15) is 5.54 Å². The van der Waals surface area contributed by atoms with Crippen LogP contribution >= 0.6 is 0 Å². The third-order valence-electron chi connectivity index (χ3n) is 5.31. The number of nitrogens with one attached hydrogen (secondary N) is 1. The number of aryl methyl sites for hydroxylation is 1. The lowest BCUT2D eigenvalue weighted by Crippen LogP contribution is -2.75. The van der Waals surface area contributed by atoms with Crippen molar-refractivity contribution in [3.8, 4) is 0 Å². The molecule has 1 heterocycles. The Kier molecular flexibility index (Phi) is 5.38. The summed E-state index contributed by atoms with van der Waals surface area (Å²) in [5.74, 6) is -0.755. The first kappa shape index (κ1) is 20.8. The summed E-state index contributed by atoms with van der Waals surface area (Å²) in [5.41, 5.74) is 6.27. The molecule has 154 valence electrons. The van der Waals surface area contributed by atoms with Gasteiger partial charge in [-0.3, -0.25) is 19.2 Å². The highest BCUT2D eigenvalue weighted by atomic mass is 32.2. The molecule has 1 aliphatic rings. The number of nitrogens with two attached hydrogens (primary N) is 1. The second-order valence-corrected chi connectivity index (χ2v) is 9.08. The van der Waals surface area contributed by atoms with E-state index in [2.05, 4.69) is 4.72 Å². The standard InChI is InChI=1S/C20H24N4O4S/c1-14-6-4-5-7-17(14)22-29(27,28)16-10-8-15(9-11-16)18(25)24-12-20(13-24,19(21)26)23(2)3/h4-11,22H,12-13H2,1-3H3,(H2,21,26). The molecule has 0 aliphatic carbocycles. The first-order chi connectivity index (χ1) is 13.6. The lowest BCUT2D eigenvalue weighted by atomic mass is 9.87. The Morgan fingerprint density at radius 3 is 2.17 bits per heavy atom. The van der Waals surface area contributed by atoms with Crippen molar-refractivity contribution < 1.29 is 18.0 Å². The molecule has 3 rings (SSSR count). The molecule has 9 heteroatoms. The molecule has 2 amide bonds. The van der Waals surface area contributed by atoms with E-state index in [1.165, 1.54) is 29.2 Å². The van der Waals surface area contributed by atoms with E-state index in [9.17, 15) is 18.0 Å². The molecular formula is C20H24N4O4S. The third-order valence-corrected chi connectivity index (χ3v) is 6.69. The fraction of sp³-hybridized carbons (Fsp3) is 0.300. The number of likely N-dealkylation sites (tertiary alicyclic amines) is 1. The van der Waals surface area contributed by atoms with Crippen LogP contribution in [0.1, 0.15) is 15.9 Å². The average Bonchev–Trinajstić information content (AvgIpc) is 2.62. The molecule has 8 nitrogen and oxygen atoms in total. The van der Waals surface area contributed by atoms with Gasteiger partial charge in [0.15, 0.2) is 0 Å². The Hall–Kier alpha value is -2.91. The number of hydrogen-bond donors (Lipinski definition) is 2. The lowest BCUT2D eigenvalue weighted by molar-refractivity contribution is -0.137. The maximum Gasteiger partial charge on any atom is 0.261 e. The van der Waals surface area contributed by atoms with E-state index in [0.29, 0.717) is 11.3 Å². The largest absolute Gasteiger partial charge is 0.368 e. The first-order valence-corrected chi connectivity index (χ1v) is 10.5. The number of anilines is 1. The molecule has 0 bridgehead atoms. The van der Waals surface area contributed by atoms with Crippen LogP contribution in [-0.4, -0.2) is 62.8 Å². The highest BCUT2D eigenvalue weighted by molar-refractivity contribution is 7.92. The van der Waals surface area contributed by atoms with Crippen LogP contribution in [0.25, 0.3) is 0 Å². The van der Waals surface area contributed by atoms with Crippen molar-refractivity contribution in [2.24, 2.45) is 5.73 Å². The van der Waals surface area contributed by atoms with Crippen LogP contribution in [0.2, 0.25) is 0 Å². The Bertz CT molecular complexity index is 1040. The van der Waals surface area contributed by atoms with Crippen LogP contribution in [0.3, 0.4) is 0 Å². The smallest absolute Gasteiger partial charge is 0.261 e. The van der Waals surface area contributed by atoms with E-state index in [1.54, 1.807) is 31.1 Å². The van der Waals surface area contributed by atoms with Crippen molar-refractivity contribution in [2.45, 2.75) is 17.4 Å². The van der Waals surface area contributed by atoms with Crippen molar-refractivity contribution >= 4 is 27.5 Å². The summed E-state index contributed by atoms with van der Waals surface area (Å²) >= 11 is 0. The van der Waals surface area contributed by atoms with Crippen molar-refractivity contribution in [2.75, 3.05) is 31.9 Å². The normalized spacial score (nSPS) is 15.7. The van der Waals surface area contributed by atoms with Gasteiger partial charge >= 0.3 is 0 Å². The van der Waals surface area contributed by atoms with Crippen molar-refractivity contribution in [3.63, 3.8) is 0 Å². The van der Waals surface area contributed by atoms with E-state index < -0.39 is 21.5 Å². The Morgan fingerprint density at radius 1 is 1.07 bits per heavy atom. The minimum Gasteiger partial charge on any atom is -0.368 e. The van der Waals surface area contributed by atoms with Gasteiger partial charge in [-0.15, -0.1) is 0 Å². The van der Waals surface area contributed by atoms with Crippen LogP contribution in [0.5, 0.6) is 0 Å². The number of primary amides is 1. The zero-order chi connectivity index (χ0) is 21.4. The summed E-state index contributed by atoms with van der Waals surface area (Å²) in [6.45, 7) is 2.21. The molecule has 0 aromatic heterocycles. The summed E-state index contributed by atoms with van der Waals surface area (Å²) in [6.07, 6.45) is 0. The van der Waals surface area contributed by atoms with Crippen LogP contribution in [0, 0.1) is 6.92 Å². The summed E-state index contributed by atoms with van der Waals surface area (Å²) in [5, 5.41) is 0. The Balaban J connectivity index is 1.73. The zero-order valence-electron chi connectivity index (χ0n) is 16.5. The van der Waals surface area contributed by atoms with Crippen LogP contribution < -0.4 is 10.5 Å². The quantitative estimate of drug-likeness (QED) is 0.731. The topological polar surface area (TPSA) is 113 Å². The molecule has 1 aliphatic heterocycles. The van der Waals surface area contributed by atoms with Gasteiger partial charge in [-0.2, -0.15) is 0 Å². The number of amides is 2. The number of hydrogen-bond acceptors (Lipinski definition) is 5. The molecule has 2 aromatic rings. The van der Waals surface area contributed by atoms with E-state index in [1.807, 2.05) is 19.1 Å². The fourth-order valence-electron chi connectivity index (χ4n) is 3.24. The molecule has 0 spiro atoms. The highest BCUT2D eigenvalue weighted by Gasteiger charge is 2.51. The van der Waals surface area contributed by atoms with Gasteiger partial charge < -0.3 is 10.6 Å². The molecule has 0 unspecified atom stereocenters. The second-order valence-electron chi connectivity index (χ2n) is 7.40. The third kappa shape index (κ3) is 3.83. The van der Waals surface area contributed by atoms with E-state index in [0.717, 1.165) is 5.56 Å². The molecule has 0 saturated carbocycles. The Morgan fingerprint density at radius 2 is 1.66 bits per heavy atom. The molecule has 3 N–H and O–H groups in total. The monoisotopic (exact) mass is 416 g/mol. The number of carbonyl (C=O) groups is 2. The number of likely N-dealkylation sites (N-methyl/N-ethyl adjacent to an activating group) is 1. The minimum absolute atomic E-state index is 0.0562. The second kappa shape index (κ2) is 7.49. The van der Waals surface area contributed by atoms with Gasteiger partial charge in [0.2, 0.25) is 5.91 Å². The Labute approximate surface area is 170 Å². The zero-order valence-corrected chi connectivity index (χ0v) is 17.4. The number of nitrogens with zero attached hydrogens (tertiary/aromatic N) is 2. The summed E-state index contributed by atoms with van der Waals surface area (Å²) < 4.78 is 27.8. The van der Waals surface area contributed by atoms with Crippen molar-refractivity contribution in [3.05, 3.63) is 59.7 Å². The molecule has 29 heavy (non-hydrogen) atoms. The minimum atomic E-state index is -3.77. The molecule has 1 saturated heterocycles. The van der Waals surface area contributed by atoms with Gasteiger partial charge in [-0.25, -0.2) is 8.42 Å². The van der Waals surface area contributed by atoms with E-state index in [4.69, 9.17) is 5.73 Å². The van der Waals surface area contributed by atoms with Gasteiger partial charge in [-0.1, -0.05) is 18.2 Å². The SMILES string of the molecule is Cc1ccccc1NS(=O)(=O)c1ccc(C(=O)N2CC(C(N)=O)(N(C)C)C2)cc1. The van der Waals surface area contributed by atoms with Crippen molar-refractivity contribution in [1.29, 1.82) is 0 Å². The average molecular weight is 417 g/mol. The predicted octanol–water partition coefficient (Wildman–Crippen LogP) is 1.04. The first-order valence-electron chi connectivity index (χ1n) is 9.02. The lowest BCUT2D eigenvalue weighted by Gasteiger charge is -2.51. The van der Waals surface area contributed by atoms with E-state index >= 15 is 0 Å². The number of benzene rings is 2. The predicted molar refractivity (Wildman–Crippen MR) is 110 cm³/mol. The number of sulfonamides is 1. The molecule has 0 radical (unpaired) electrons. The van der Waals surface area contributed by atoms with Gasteiger partial charge in [0.25, 0.3) is 15.9 Å². The van der Waals surface area contributed by atoms with Gasteiger partial charge in [0, 0.05) is 5.56 Å². The van der Waals surface area contributed by atoms with Crippen LogP contribution in [-0.2, 0) is 14.8 Å². The molecular weight excluding hydrogens is 392 g/mol. The highest BCUT2D eigenvalue weighted by Crippen LogP contribution is 2.28. The maximum absolute atomic E-state index is 12.6. The fourth-order valence-corrected chi connectivity index (χ4v) is 4.37. The van der Waals surface area contributed by atoms with E-state index in [-0.39, 0.29) is 23.9 Å². The molecule has 0 atom stereocenters. The molecule has 2 aromatic carbocycles. The summed E-state index contributed by atoms with van der Waals surface area (Å²) in [4.78, 5) is 27.7. The van der Waals surface area contributed by atoms with Crippen LogP contribution in [0.4, 0.5) is 5.69 Å². The number of carbonyl (C=O) groups excluding carboxylic acids is 2. The number of para-hydroxylation sites is 1. The number of rotatable bonds is 6. The van der Waals surface area contributed by atoms with Crippen LogP contribution in [0.15, 0.2) is 53.4 Å². The van der Waals surface area contributed by atoms with Gasteiger partial charge in [-0.05, 0) is 56.9 Å². The van der Waals surface area contributed by atoms with Crippen molar-refractivity contribution in [1.82, 2.24) is 9.80 Å². The summed E-state index contributed by atoms with van der Waals surface area (Å²) in [6, 6.07) is 12.8. The molecule has 1 fully saturated rings. The maximum atomic E-state index is 12.6. The summed E-state index contributed by atoms with van der Waals surface area (Å²) in [7, 11) is -0.286. The van der Waals surface area contributed by atoms with Gasteiger partial charge in [0.05, 0.1) is 23.7 Å².